The van der Waals surface area contributed by atoms with Crippen molar-refractivity contribution in [3.63, 3.8) is 0 Å². The second-order valence-corrected chi connectivity index (χ2v) is 3.05. The van der Waals surface area contributed by atoms with Gasteiger partial charge in [-0.3, -0.25) is 0 Å². The number of nitriles is 1. The first-order valence-electron chi connectivity index (χ1n) is 4.37. The number of aromatic hydroxyl groups is 1. The van der Waals surface area contributed by atoms with E-state index in [0.717, 1.165) is 12.1 Å². The van der Waals surface area contributed by atoms with Crippen LogP contribution in [-0.2, 0) is 4.79 Å². The van der Waals surface area contributed by atoms with Crippen molar-refractivity contribution in [3.05, 3.63) is 34.9 Å². The van der Waals surface area contributed by atoms with Gasteiger partial charge in [-0.25, -0.2) is 9.59 Å². The molecule has 0 unspecified atom stereocenters. The van der Waals surface area contributed by atoms with Crippen molar-refractivity contribution < 1.29 is 24.9 Å². The van der Waals surface area contributed by atoms with Crippen LogP contribution in [0.25, 0.3) is 6.08 Å². The van der Waals surface area contributed by atoms with Gasteiger partial charge in [-0.2, -0.15) is 5.26 Å². The molecule has 6 nitrogen and oxygen atoms in total. The summed E-state index contributed by atoms with van der Waals surface area (Å²) in [4.78, 5) is 21.1. The average molecular weight is 233 g/mol. The predicted molar refractivity (Wildman–Crippen MR) is 56.3 cm³/mol. The monoisotopic (exact) mass is 233 g/mol. The molecule has 6 heteroatoms. The Hall–Kier alpha value is -2.81. The average Bonchev–Trinajstić information content (AvgIpc) is 2.26. The molecule has 3 N–H and O–H groups in total. The molecule has 0 atom stereocenters. The van der Waals surface area contributed by atoms with Crippen molar-refractivity contribution in [2.45, 2.75) is 0 Å². The van der Waals surface area contributed by atoms with Gasteiger partial charge in [0, 0.05) is 5.56 Å². The minimum atomic E-state index is -1.42. The van der Waals surface area contributed by atoms with Gasteiger partial charge in [0.25, 0.3) is 0 Å². The fourth-order valence-corrected chi connectivity index (χ4v) is 1.10. The fourth-order valence-electron chi connectivity index (χ4n) is 1.10. The number of aromatic carboxylic acids is 1. The van der Waals surface area contributed by atoms with E-state index < -0.39 is 23.3 Å². The lowest BCUT2D eigenvalue weighted by Gasteiger charge is -2.01. The number of carboxylic acids is 2. The van der Waals surface area contributed by atoms with Crippen LogP contribution in [0.15, 0.2) is 23.8 Å². The number of nitrogens with zero attached hydrogens (tertiary/aromatic N) is 1. The topological polar surface area (TPSA) is 119 Å². The summed E-state index contributed by atoms with van der Waals surface area (Å²) in [6.07, 6.45) is 0.962. The second kappa shape index (κ2) is 4.81. The van der Waals surface area contributed by atoms with Gasteiger partial charge in [-0.1, -0.05) is 6.07 Å². The Balaban J connectivity index is 3.22. The third kappa shape index (κ3) is 2.82. The second-order valence-electron chi connectivity index (χ2n) is 3.05. The van der Waals surface area contributed by atoms with Crippen molar-refractivity contribution in [1.29, 1.82) is 5.26 Å². The molecule has 0 bridgehead atoms. The molecule has 1 aromatic rings. The van der Waals surface area contributed by atoms with Crippen molar-refractivity contribution in [3.8, 4) is 11.8 Å². The lowest BCUT2D eigenvalue weighted by atomic mass is 10.1. The summed E-state index contributed by atoms with van der Waals surface area (Å²) >= 11 is 0. The lowest BCUT2D eigenvalue weighted by Crippen LogP contribution is -1.98. The summed E-state index contributed by atoms with van der Waals surface area (Å²) in [6, 6.07) is 4.85. The number of carboxylic acid groups (broad SMARTS) is 2. The van der Waals surface area contributed by atoms with E-state index in [1.807, 2.05) is 0 Å². The highest BCUT2D eigenvalue weighted by molar-refractivity contribution is 5.97. The van der Waals surface area contributed by atoms with Crippen LogP contribution in [0.2, 0.25) is 0 Å². The maximum atomic E-state index is 10.6. The summed E-state index contributed by atoms with van der Waals surface area (Å²) in [5.74, 6) is -3.04. The smallest absolute Gasteiger partial charge is 0.346 e. The van der Waals surface area contributed by atoms with Crippen molar-refractivity contribution >= 4 is 18.0 Å². The molecule has 0 aromatic heterocycles. The highest BCUT2D eigenvalue weighted by Gasteiger charge is 2.10. The highest BCUT2D eigenvalue weighted by atomic mass is 16.4. The molecule has 86 valence electrons. The number of aliphatic carboxylic acids is 1. The van der Waals surface area contributed by atoms with E-state index >= 15 is 0 Å². The molecule has 0 saturated carbocycles. The van der Waals surface area contributed by atoms with E-state index in [1.54, 1.807) is 0 Å². The van der Waals surface area contributed by atoms with E-state index in [4.69, 9.17) is 15.5 Å². The molecule has 1 rings (SSSR count). The standard InChI is InChI=1S/C11H7NO5/c12-5-8(11(16)17)3-6-1-2-7(10(14)15)4-9(6)13/h1-4,13H,(H,14,15)(H,16,17). The highest BCUT2D eigenvalue weighted by Crippen LogP contribution is 2.21. The first-order chi connectivity index (χ1) is 7.95. The zero-order valence-corrected chi connectivity index (χ0v) is 8.41. The molecular weight excluding hydrogens is 226 g/mol. The Labute approximate surface area is 95.7 Å². The molecule has 0 fully saturated rings. The summed E-state index contributed by atoms with van der Waals surface area (Å²) < 4.78 is 0. The molecule has 0 radical (unpaired) electrons. The van der Waals surface area contributed by atoms with E-state index in [2.05, 4.69) is 0 Å². The van der Waals surface area contributed by atoms with Crippen LogP contribution in [0.5, 0.6) is 5.75 Å². The summed E-state index contributed by atoms with van der Waals surface area (Å²) in [5, 5.41) is 35.2. The molecule has 0 aliphatic carbocycles. The van der Waals surface area contributed by atoms with E-state index in [1.165, 1.54) is 18.2 Å². The Morgan fingerprint density at radius 1 is 1.29 bits per heavy atom. The normalized spacial score (nSPS) is 10.6. The third-order valence-electron chi connectivity index (χ3n) is 1.93. The first kappa shape index (κ1) is 12.3. The van der Waals surface area contributed by atoms with Gasteiger partial charge in [-0.05, 0) is 18.2 Å². The van der Waals surface area contributed by atoms with Crippen LogP contribution >= 0.6 is 0 Å². The molecule has 0 heterocycles. The zero-order chi connectivity index (χ0) is 13.0. The number of hydrogen-bond donors (Lipinski definition) is 3. The molecule has 1 aromatic carbocycles. The summed E-state index contributed by atoms with van der Waals surface area (Å²) in [7, 11) is 0. The van der Waals surface area contributed by atoms with Gasteiger partial charge in [0.05, 0.1) is 5.56 Å². The minimum absolute atomic E-state index is 0.0638. The van der Waals surface area contributed by atoms with E-state index in [-0.39, 0.29) is 11.1 Å². The largest absolute Gasteiger partial charge is 0.507 e. The first-order valence-corrected chi connectivity index (χ1v) is 4.37. The van der Waals surface area contributed by atoms with Crippen molar-refractivity contribution in [2.24, 2.45) is 0 Å². The van der Waals surface area contributed by atoms with Crippen LogP contribution in [0, 0.1) is 11.3 Å². The number of phenolic OH excluding ortho intramolecular Hbond substituents is 1. The van der Waals surface area contributed by atoms with Crippen LogP contribution < -0.4 is 0 Å². The van der Waals surface area contributed by atoms with Crippen LogP contribution in [0.1, 0.15) is 15.9 Å². The van der Waals surface area contributed by atoms with Crippen LogP contribution in [-0.4, -0.2) is 27.3 Å². The molecule has 0 spiro atoms. The number of rotatable bonds is 3. The van der Waals surface area contributed by atoms with Gasteiger partial charge in [0.2, 0.25) is 0 Å². The molecule has 0 aliphatic rings. The van der Waals surface area contributed by atoms with Gasteiger partial charge in [0.15, 0.2) is 0 Å². The Morgan fingerprint density at radius 2 is 1.94 bits per heavy atom. The maximum Gasteiger partial charge on any atom is 0.346 e. The fraction of sp³-hybridized carbons (Fsp3) is 0. The number of carbonyl (C=O) groups is 2. The predicted octanol–water partition coefficient (Wildman–Crippen LogP) is 1.08. The maximum absolute atomic E-state index is 10.6. The Morgan fingerprint density at radius 3 is 2.35 bits per heavy atom. The quantitative estimate of drug-likeness (QED) is 0.531. The zero-order valence-electron chi connectivity index (χ0n) is 8.41. The Kier molecular flexibility index (Phi) is 3.47. The number of benzene rings is 1. The minimum Gasteiger partial charge on any atom is -0.507 e. The van der Waals surface area contributed by atoms with E-state index in [0.29, 0.717) is 0 Å². The molecule has 17 heavy (non-hydrogen) atoms. The van der Waals surface area contributed by atoms with E-state index in [9.17, 15) is 14.7 Å². The third-order valence-corrected chi connectivity index (χ3v) is 1.93. The SMILES string of the molecule is N#CC(=Cc1ccc(C(=O)O)cc1O)C(=O)O. The Bertz CT molecular complexity index is 553. The number of phenols is 1. The summed E-state index contributed by atoms with van der Waals surface area (Å²) in [5.41, 5.74) is -0.620. The van der Waals surface area contributed by atoms with Gasteiger partial charge in [0.1, 0.15) is 17.4 Å². The van der Waals surface area contributed by atoms with Crippen LogP contribution in [0.4, 0.5) is 0 Å². The molecule has 0 aliphatic heterocycles. The molecular formula is C11H7NO5. The molecule has 0 saturated heterocycles. The van der Waals surface area contributed by atoms with Crippen molar-refractivity contribution in [1.82, 2.24) is 0 Å². The molecule has 0 amide bonds. The lowest BCUT2D eigenvalue weighted by molar-refractivity contribution is -0.132. The van der Waals surface area contributed by atoms with Crippen molar-refractivity contribution in [2.75, 3.05) is 0 Å². The van der Waals surface area contributed by atoms with Gasteiger partial charge in [-0.15, -0.1) is 0 Å². The van der Waals surface area contributed by atoms with Gasteiger partial charge < -0.3 is 15.3 Å². The summed E-state index contributed by atoms with van der Waals surface area (Å²) in [6.45, 7) is 0. The van der Waals surface area contributed by atoms with Crippen LogP contribution in [0.3, 0.4) is 0 Å². The number of hydrogen-bond acceptors (Lipinski definition) is 4. The van der Waals surface area contributed by atoms with Gasteiger partial charge >= 0.3 is 11.9 Å².